The molecule has 0 spiro atoms. The lowest BCUT2D eigenvalue weighted by molar-refractivity contribution is 0.256. The van der Waals surface area contributed by atoms with Gasteiger partial charge in [-0.25, -0.2) is 4.79 Å². The van der Waals surface area contributed by atoms with Crippen LogP contribution in [0.15, 0.2) is 65.8 Å². The third kappa shape index (κ3) is 195. The van der Waals surface area contributed by atoms with Crippen molar-refractivity contribution >= 4 is 6.03 Å². The zero-order valence-corrected chi connectivity index (χ0v) is 9.13. The standard InChI is InChI=1S/5C2H4.CH4N2O/c5*1-2;2-1(3)4/h5*1-2H2;(H4,2,3,4). The molecule has 0 aromatic carbocycles. The highest BCUT2D eigenvalue weighted by Gasteiger charge is 1.60. The van der Waals surface area contributed by atoms with E-state index in [0.29, 0.717) is 0 Å². The molecule has 2 amide bonds. The van der Waals surface area contributed by atoms with E-state index in [4.69, 9.17) is 4.79 Å². The summed E-state index contributed by atoms with van der Waals surface area (Å²) in [7, 11) is 0. The molecule has 0 bridgehead atoms. The summed E-state index contributed by atoms with van der Waals surface area (Å²) in [6, 6.07) is -0.833. The Morgan fingerprint density at radius 1 is 0.571 bits per heavy atom. The normalized spacial score (nSPS) is 3.14. The molecule has 0 rings (SSSR count). The highest BCUT2D eigenvalue weighted by Crippen LogP contribution is 1.25. The van der Waals surface area contributed by atoms with Crippen molar-refractivity contribution in [1.29, 1.82) is 0 Å². The summed E-state index contributed by atoms with van der Waals surface area (Å²) >= 11 is 0. The van der Waals surface area contributed by atoms with E-state index in [1.807, 2.05) is 0 Å². The van der Waals surface area contributed by atoms with Crippen LogP contribution in [0.3, 0.4) is 0 Å². The topological polar surface area (TPSA) is 69.1 Å². The first kappa shape index (κ1) is 40.4. The fraction of sp³-hybridized carbons (Fsp3) is 0. The van der Waals surface area contributed by atoms with Gasteiger partial charge in [0.05, 0.1) is 0 Å². The number of carbonyl (C=O) groups excluding carboxylic acids is 1. The molecular weight excluding hydrogens is 176 g/mol. The van der Waals surface area contributed by atoms with Crippen molar-refractivity contribution in [2.24, 2.45) is 11.5 Å². The Balaban J connectivity index is -0.0000000143. The summed E-state index contributed by atoms with van der Waals surface area (Å²) < 4.78 is 0. The van der Waals surface area contributed by atoms with Crippen molar-refractivity contribution in [3.8, 4) is 0 Å². The lowest BCUT2D eigenvalue weighted by atomic mass is 11.2. The molecule has 0 unspecified atom stereocenters. The molecule has 0 saturated heterocycles. The molecule has 0 radical (unpaired) electrons. The zero-order valence-electron chi connectivity index (χ0n) is 9.13. The number of urea groups is 1. The Labute approximate surface area is 88.8 Å². The first-order valence-corrected chi connectivity index (χ1v) is 3.28. The Hall–Kier alpha value is -2.03. The number of carbonyl (C=O) groups is 1. The van der Waals surface area contributed by atoms with Gasteiger partial charge >= 0.3 is 6.03 Å². The third-order valence-corrected chi connectivity index (χ3v) is 0. The van der Waals surface area contributed by atoms with E-state index in [9.17, 15) is 0 Å². The first-order valence-electron chi connectivity index (χ1n) is 3.28. The van der Waals surface area contributed by atoms with Gasteiger partial charge < -0.3 is 11.5 Å². The zero-order chi connectivity index (χ0) is 13.6. The van der Waals surface area contributed by atoms with Gasteiger partial charge in [0.2, 0.25) is 0 Å². The molecule has 0 aromatic heterocycles. The maximum absolute atomic E-state index is 9.00. The third-order valence-electron chi connectivity index (χ3n) is 0. The average molecular weight is 200 g/mol. The molecule has 0 aliphatic carbocycles. The van der Waals surface area contributed by atoms with Gasteiger partial charge in [0.1, 0.15) is 0 Å². The Morgan fingerprint density at radius 2 is 0.571 bits per heavy atom. The largest absolute Gasteiger partial charge is 0.352 e. The van der Waals surface area contributed by atoms with E-state index >= 15 is 0 Å². The van der Waals surface area contributed by atoms with Crippen molar-refractivity contribution in [2.75, 3.05) is 0 Å². The van der Waals surface area contributed by atoms with Crippen LogP contribution in [0.1, 0.15) is 0 Å². The molecule has 3 heteroatoms. The molecule has 0 heterocycles. The van der Waals surface area contributed by atoms with Gasteiger partial charge in [0.15, 0.2) is 0 Å². The maximum atomic E-state index is 9.00. The van der Waals surface area contributed by atoms with Crippen LogP contribution in [-0.4, -0.2) is 6.03 Å². The minimum absolute atomic E-state index is 0.833. The number of nitrogens with two attached hydrogens (primary N) is 2. The van der Waals surface area contributed by atoms with Crippen molar-refractivity contribution in [3.05, 3.63) is 65.8 Å². The predicted molar refractivity (Wildman–Crippen MR) is 70.0 cm³/mol. The molecule has 0 atom stereocenters. The molecule has 0 saturated carbocycles. The molecule has 0 aliphatic heterocycles. The minimum atomic E-state index is -0.833. The number of hydrogen-bond acceptors (Lipinski definition) is 1. The number of hydrogen-bond donors (Lipinski definition) is 2. The van der Waals surface area contributed by atoms with Crippen LogP contribution < -0.4 is 11.5 Å². The fourth-order valence-electron chi connectivity index (χ4n) is 0. The predicted octanol–water partition coefficient (Wildman–Crippen LogP) is 3.03. The van der Waals surface area contributed by atoms with E-state index in [0.717, 1.165) is 0 Å². The molecule has 84 valence electrons. The Kier molecular flexibility index (Phi) is 3350. The lowest BCUT2D eigenvalue weighted by Gasteiger charge is -1.62. The van der Waals surface area contributed by atoms with Crippen LogP contribution in [-0.2, 0) is 0 Å². The molecular formula is C11H24N2O. The highest BCUT2D eigenvalue weighted by atomic mass is 16.2. The van der Waals surface area contributed by atoms with Gasteiger partial charge in [-0.05, 0) is 0 Å². The average Bonchev–Trinajstić information content (AvgIpc) is 2.30. The second-order valence-electron chi connectivity index (χ2n) is 0.402. The van der Waals surface area contributed by atoms with Crippen LogP contribution in [0, 0.1) is 0 Å². The smallest absolute Gasteiger partial charge is 0.309 e. The van der Waals surface area contributed by atoms with Gasteiger partial charge in [-0.15, -0.1) is 65.8 Å². The monoisotopic (exact) mass is 200 g/mol. The Morgan fingerprint density at radius 3 is 0.571 bits per heavy atom. The molecule has 0 aliphatic rings. The van der Waals surface area contributed by atoms with Gasteiger partial charge in [0.25, 0.3) is 0 Å². The van der Waals surface area contributed by atoms with E-state index in [-0.39, 0.29) is 0 Å². The molecule has 0 aromatic rings. The van der Waals surface area contributed by atoms with E-state index in [1.54, 1.807) is 0 Å². The second kappa shape index (κ2) is 1160. The number of amides is 2. The molecule has 3 nitrogen and oxygen atoms in total. The summed E-state index contributed by atoms with van der Waals surface area (Å²) in [6.45, 7) is 30.0. The summed E-state index contributed by atoms with van der Waals surface area (Å²) in [5, 5.41) is 0. The van der Waals surface area contributed by atoms with Crippen LogP contribution in [0.25, 0.3) is 0 Å². The quantitative estimate of drug-likeness (QED) is 0.580. The number of primary amides is 2. The molecule has 0 fully saturated rings. The minimum Gasteiger partial charge on any atom is -0.352 e. The Bertz CT molecular complexity index is 69.7. The fourth-order valence-corrected chi connectivity index (χ4v) is 0. The van der Waals surface area contributed by atoms with Gasteiger partial charge in [-0.2, -0.15) is 0 Å². The summed E-state index contributed by atoms with van der Waals surface area (Å²) in [5.41, 5.74) is 8.50. The van der Waals surface area contributed by atoms with Crippen molar-refractivity contribution in [2.45, 2.75) is 0 Å². The van der Waals surface area contributed by atoms with E-state index in [2.05, 4.69) is 77.3 Å². The van der Waals surface area contributed by atoms with Crippen LogP contribution in [0.4, 0.5) is 4.79 Å². The summed E-state index contributed by atoms with van der Waals surface area (Å²) in [6.07, 6.45) is 0. The summed E-state index contributed by atoms with van der Waals surface area (Å²) in [4.78, 5) is 9.00. The number of rotatable bonds is 0. The van der Waals surface area contributed by atoms with Crippen molar-refractivity contribution in [3.63, 3.8) is 0 Å². The summed E-state index contributed by atoms with van der Waals surface area (Å²) in [5.74, 6) is 0. The first-order chi connectivity index (χ1) is 6.73. The lowest BCUT2D eigenvalue weighted by Crippen LogP contribution is -2.18. The maximum Gasteiger partial charge on any atom is 0.309 e. The van der Waals surface area contributed by atoms with Crippen LogP contribution in [0.5, 0.6) is 0 Å². The van der Waals surface area contributed by atoms with E-state index in [1.165, 1.54) is 0 Å². The SMILES string of the molecule is C=C.C=C.C=C.C=C.C=C.NC(N)=O. The van der Waals surface area contributed by atoms with Crippen LogP contribution in [0.2, 0.25) is 0 Å². The highest BCUT2D eigenvalue weighted by molar-refractivity contribution is 5.69. The molecule has 4 N–H and O–H groups in total. The second-order valence-corrected chi connectivity index (χ2v) is 0.402. The molecule has 14 heavy (non-hydrogen) atoms. The van der Waals surface area contributed by atoms with E-state index < -0.39 is 6.03 Å². The van der Waals surface area contributed by atoms with Crippen molar-refractivity contribution in [1.82, 2.24) is 0 Å². The van der Waals surface area contributed by atoms with Gasteiger partial charge in [-0.1, -0.05) is 0 Å². The van der Waals surface area contributed by atoms with Crippen LogP contribution >= 0.6 is 0 Å². The van der Waals surface area contributed by atoms with Crippen molar-refractivity contribution < 1.29 is 4.79 Å². The van der Waals surface area contributed by atoms with Gasteiger partial charge in [-0.3, -0.25) is 0 Å². The van der Waals surface area contributed by atoms with Gasteiger partial charge in [0, 0.05) is 0 Å².